The molecule has 152 valence electrons. The largest absolute Gasteiger partial charge is 0.488 e. The quantitative estimate of drug-likeness (QED) is 0.187. The molecule has 0 saturated heterocycles. The minimum Gasteiger partial charge on any atom is -0.453 e. The molecular formula is C18H12B3NO9. The third-order valence-corrected chi connectivity index (χ3v) is 5.41. The van der Waals surface area contributed by atoms with E-state index < -0.39 is 21.4 Å². The van der Waals surface area contributed by atoms with Crippen LogP contribution >= 0.6 is 0 Å². The molecule has 0 bridgehead atoms. The molecule has 0 atom stereocenters. The maximum atomic E-state index is 9.69. The van der Waals surface area contributed by atoms with Gasteiger partial charge in [0.15, 0.2) is 34.5 Å². The molecule has 0 spiro atoms. The van der Waals surface area contributed by atoms with Crippen molar-refractivity contribution >= 4 is 54.8 Å². The number of benzene rings is 3. The van der Waals surface area contributed by atoms with Gasteiger partial charge in [-0.25, -0.2) is 0 Å². The van der Waals surface area contributed by atoms with Crippen molar-refractivity contribution in [1.82, 2.24) is 0 Å². The van der Waals surface area contributed by atoms with Crippen molar-refractivity contribution in [2.75, 3.05) is 4.90 Å². The van der Waals surface area contributed by atoms with E-state index in [1.807, 2.05) is 0 Å². The van der Waals surface area contributed by atoms with Crippen LogP contribution in [0.4, 0.5) is 17.1 Å². The molecule has 13 heteroatoms. The summed E-state index contributed by atoms with van der Waals surface area (Å²) in [5, 5.41) is 58.1. The summed E-state index contributed by atoms with van der Waals surface area (Å²) in [4.78, 5) is 1.80. The van der Waals surface area contributed by atoms with Crippen molar-refractivity contribution < 1.29 is 44.4 Å². The second kappa shape index (κ2) is 6.17. The van der Waals surface area contributed by atoms with Crippen LogP contribution < -0.4 is 35.5 Å². The van der Waals surface area contributed by atoms with Crippen molar-refractivity contribution in [3.8, 4) is 34.5 Å². The zero-order valence-electron chi connectivity index (χ0n) is 15.6. The Hall–Kier alpha value is -3.19. The third kappa shape index (κ3) is 2.53. The van der Waals surface area contributed by atoms with Crippen LogP contribution in [0.3, 0.4) is 0 Å². The Morgan fingerprint density at radius 3 is 0.871 bits per heavy atom. The number of anilines is 3. The van der Waals surface area contributed by atoms with Gasteiger partial charge in [0.05, 0.1) is 0 Å². The number of rotatable bonds is 3. The highest BCUT2D eigenvalue weighted by Crippen LogP contribution is 2.65. The van der Waals surface area contributed by atoms with Crippen LogP contribution in [-0.4, -0.2) is 51.5 Å². The van der Waals surface area contributed by atoms with Crippen LogP contribution in [0.15, 0.2) is 36.4 Å². The van der Waals surface area contributed by atoms with E-state index in [-0.39, 0.29) is 50.9 Å². The third-order valence-electron chi connectivity index (χ3n) is 5.41. The van der Waals surface area contributed by atoms with Gasteiger partial charge in [0.25, 0.3) is 0 Å². The molecule has 31 heavy (non-hydrogen) atoms. The fourth-order valence-electron chi connectivity index (χ4n) is 4.07. The van der Waals surface area contributed by atoms with Crippen molar-refractivity contribution in [2.45, 2.75) is 0 Å². The van der Waals surface area contributed by atoms with Crippen LogP contribution in [0.5, 0.6) is 34.5 Å². The summed E-state index contributed by atoms with van der Waals surface area (Å²) in [6.45, 7) is 0. The summed E-state index contributed by atoms with van der Waals surface area (Å²) in [6.07, 6.45) is 0. The predicted octanol–water partition coefficient (Wildman–Crippen LogP) is -1.49. The zero-order valence-corrected chi connectivity index (χ0v) is 15.6. The first-order chi connectivity index (χ1) is 14.8. The lowest BCUT2D eigenvalue weighted by Crippen LogP contribution is -2.35. The van der Waals surface area contributed by atoms with Gasteiger partial charge in [-0.1, -0.05) is 0 Å². The summed E-state index contributed by atoms with van der Waals surface area (Å²) in [5.41, 5.74) is 1.82. The molecular weight excluding hydrogens is 407 g/mol. The molecule has 0 fully saturated rings. The van der Waals surface area contributed by atoms with Crippen LogP contribution in [0.25, 0.3) is 0 Å². The highest BCUT2D eigenvalue weighted by atomic mass is 16.5. The summed E-state index contributed by atoms with van der Waals surface area (Å²) in [7, 11) is -5.37. The highest BCUT2D eigenvalue weighted by molar-refractivity contribution is 6.59. The summed E-state index contributed by atoms with van der Waals surface area (Å²) < 4.78 is 17.9. The van der Waals surface area contributed by atoms with E-state index in [2.05, 4.69) is 0 Å². The Morgan fingerprint density at radius 1 is 0.452 bits per heavy atom. The first kappa shape index (κ1) is 18.6. The average Bonchev–Trinajstić information content (AvgIpc) is 2.72. The molecule has 3 heterocycles. The smallest absolute Gasteiger partial charge is 0.453 e. The molecule has 0 saturated carbocycles. The molecule has 0 amide bonds. The molecule has 0 aromatic heterocycles. The maximum Gasteiger partial charge on any atom is 0.488 e. The molecule has 0 unspecified atom stereocenters. The molecule has 10 nitrogen and oxygen atoms in total. The monoisotopic (exact) mass is 419 g/mol. The van der Waals surface area contributed by atoms with Gasteiger partial charge in [0.1, 0.15) is 17.1 Å². The van der Waals surface area contributed by atoms with E-state index in [0.29, 0.717) is 17.1 Å². The lowest BCUT2D eigenvalue weighted by Gasteiger charge is -2.42. The van der Waals surface area contributed by atoms with Crippen molar-refractivity contribution in [2.24, 2.45) is 0 Å². The lowest BCUT2D eigenvalue weighted by molar-refractivity contribution is 0.409. The molecule has 3 aliphatic heterocycles. The molecule has 0 radical (unpaired) electrons. The van der Waals surface area contributed by atoms with Crippen molar-refractivity contribution in [3.63, 3.8) is 0 Å². The normalized spacial score (nSPS) is 13.5. The van der Waals surface area contributed by atoms with E-state index in [0.717, 1.165) is 0 Å². The fourth-order valence-corrected chi connectivity index (χ4v) is 4.07. The van der Waals surface area contributed by atoms with Gasteiger partial charge in [-0.05, 0) is 52.8 Å². The van der Waals surface area contributed by atoms with Gasteiger partial charge in [-0.3, -0.25) is 4.90 Å². The Kier molecular flexibility index (Phi) is 3.70. The topological polar surface area (TPSA) is 152 Å². The van der Waals surface area contributed by atoms with Crippen LogP contribution in [0.1, 0.15) is 0 Å². The minimum absolute atomic E-state index is 0.117. The molecule has 6 N–H and O–H groups in total. The van der Waals surface area contributed by atoms with Crippen molar-refractivity contribution in [1.29, 1.82) is 0 Å². The highest BCUT2D eigenvalue weighted by Gasteiger charge is 2.43. The second-order valence-electron chi connectivity index (χ2n) is 7.36. The first-order valence-corrected chi connectivity index (χ1v) is 9.27. The van der Waals surface area contributed by atoms with Gasteiger partial charge in [0.2, 0.25) is 0 Å². The van der Waals surface area contributed by atoms with Gasteiger partial charge >= 0.3 is 21.4 Å². The summed E-state index contributed by atoms with van der Waals surface area (Å²) in [6, 6.07) is 8.69. The number of hydrogen-bond donors (Lipinski definition) is 6. The summed E-state index contributed by atoms with van der Waals surface area (Å²) in [5.74, 6) is 1.55. The standard InChI is InChI=1S/C18H12B3NO9/c23-19(24)7-1-10-16-11(2-7)30-14-5-9(21(27)28)6-15-18(14)22(16)17-12(29-10)3-8(20(25)26)4-13(17)31-15/h1-6,23-28H. The molecule has 0 aliphatic carbocycles. The Balaban J connectivity index is 1.68. The Bertz CT molecular complexity index is 1060. The van der Waals surface area contributed by atoms with E-state index in [9.17, 15) is 30.1 Å². The SMILES string of the molecule is OB(O)c1cc2c3c(c1)Oc1cc(B(O)O)cc4c1N3c1c(cc(B(O)O)cc1O4)O2. The Labute approximate surface area is 175 Å². The van der Waals surface area contributed by atoms with Crippen LogP contribution in [0.2, 0.25) is 0 Å². The second-order valence-corrected chi connectivity index (χ2v) is 7.36. The van der Waals surface area contributed by atoms with E-state index in [1.165, 1.54) is 36.4 Å². The predicted molar refractivity (Wildman–Crippen MR) is 111 cm³/mol. The molecule has 6 rings (SSSR count). The molecule has 3 aromatic rings. The first-order valence-electron chi connectivity index (χ1n) is 9.27. The van der Waals surface area contributed by atoms with Crippen LogP contribution in [0, 0.1) is 0 Å². The number of hydrogen-bond acceptors (Lipinski definition) is 10. The zero-order chi connectivity index (χ0) is 21.6. The van der Waals surface area contributed by atoms with Crippen molar-refractivity contribution in [3.05, 3.63) is 36.4 Å². The van der Waals surface area contributed by atoms with Gasteiger partial charge in [-0.15, -0.1) is 0 Å². The Morgan fingerprint density at radius 2 is 0.677 bits per heavy atom. The van der Waals surface area contributed by atoms with Gasteiger partial charge in [0, 0.05) is 0 Å². The lowest BCUT2D eigenvalue weighted by atomic mass is 9.78. The van der Waals surface area contributed by atoms with Crippen LogP contribution in [-0.2, 0) is 0 Å². The molecule has 3 aliphatic rings. The number of ether oxygens (including phenoxy) is 3. The molecule has 3 aromatic carbocycles. The average molecular weight is 419 g/mol. The van der Waals surface area contributed by atoms with E-state index in [4.69, 9.17) is 14.2 Å². The van der Waals surface area contributed by atoms with E-state index in [1.54, 1.807) is 4.90 Å². The van der Waals surface area contributed by atoms with Gasteiger partial charge in [-0.2, -0.15) is 0 Å². The minimum atomic E-state index is -1.79. The number of nitrogens with zero attached hydrogens (tertiary/aromatic N) is 1. The maximum absolute atomic E-state index is 9.69. The fraction of sp³-hybridized carbons (Fsp3) is 0. The van der Waals surface area contributed by atoms with Gasteiger partial charge < -0.3 is 44.4 Å². The van der Waals surface area contributed by atoms with E-state index >= 15 is 0 Å². The summed E-state index contributed by atoms with van der Waals surface area (Å²) >= 11 is 0.